The van der Waals surface area contributed by atoms with Crippen molar-refractivity contribution in [3.8, 4) is 0 Å². The van der Waals surface area contributed by atoms with Gasteiger partial charge in [0.1, 0.15) is 5.82 Å². The monoisotopic (exact) mass is 423 g/mol. The zero-order valence-electron chi connectivity index (χ0n) is 18.4. The van der Waals surface area contributed by atoms with Crippen molar-refractivity contribution >= 4 is 29.3 Å². The smallest absolute Gasteiger partial charge is 0.258 e. The lowest BCUT2D eigenvalue weighted by Crippen LogP contribution is -2.42. The summed E-state index contributed by atoms with van der Waals surface area (Å²) in [6, 6.07) is 5.77. The summed E-state index contributed by atoms with van der Waals surface area (Å²) in [5.74, 6) is -0.0113. The largest absolute Gasteiger partial charge is 0.342 e. The molecule has 4 rings (SSSR count). The van der Waals surface area contributed by atoms with Gasteiger partial charge in [0.2, 0.25) is 17.8 Å². The van der Waals surface area contributed by atoms with E-state index in [-0.39, 0.29) is 35.2 Å². The number of piperidine rings is 1. The molecule has 8 nitrogen and oxygen atoms in total. The number of aromatic amines is 1. The van der Waals surface area contributed by atoms with E-state index in [1.165, 1.54) is 0 Å². The van der Waals surface area contributed by atoms with Crippen LogP contribution in [0.25, 0.3) is 0 Å². The van der Waals surface area contributed by atoms with Crippen LogP contribution in [0.2, 0.25) is 0 Å². The van der Waals surface area contributed by atoms with Gasteiger partial charge in [-0.25, -0.2) is 0 Å². The minimum Gasteiger partial charge on any atom is -0.342 e. The Hall–Kier alpha value is -3.16. The van der Waals surface area contributed by atoms with Crippen molar-refractivity contribution in [2.75, 3.05) is 28.6 Å². The van der Waals surface area contributed by atoms with Crippen molar-refractivity contribution in [1.29, 1.82) is 0 Å². The molecule has 0 aliphatic carbocycles. The number of benzene rings is 1. The molecule has 164 valence electrons. The molecule has 0 spiro atoms. The highest BCUT2D eigenvalue weighted by Crippen LogP contribution is 2.32. The van der Waals surface area contributed by atoms with Crippen LogP contribution in [0.15, 0.2) is 23.0 Å². The summed E-state index contributed by atoms with van der Waals surface area (Å²) in [4.78, 5) is 47.9. The molecular formula is C23H29N5O3. The molecule has 8 heteroatoms. The minimum absolute atomic E-state index is 0.0917. The molecule has 1 saturated heterocycles. The Morgan fingerprint density at radius 2 is 1.87 bits per heavy atom. The van der Waals surface area contributed by atoms with Gasteiger partial charge >= 0.3 is 0 Å². The van der Waals surface area contributed by atoms with Crippen LogP contribution in [-0.4, -0.2) is 34.9 Å². The van der Waals surface area contributed by atoms with E-state index in [2.05, 4.69) is 34.4 Å². The normalized spacial score (nSPS) is 23.2. The third kappa shape index (κ3) is 4.33. The number of aryl methyl sites for hydroxylation is 2. The standard InChI is InChI=1S/C23H29N5O3/c1-12-5-6-15(4)17(8-12)24-21(30)16-9-18(29)25-20-19(16)22(31)27-23(26-20)28-10-13(2)7-14(3)11-28/h5-6,8,13-14,16H,7,9-11H2,1-4H3,(H,24,30)(H2,25,26,27,29,31)/t13-,14-,16-/m1/s1. The molecule has 2 aromatic rings. The Kier molecular flexibility index (Phi) is 5.56. The second kappa shape index (κ2) is 8.17. The van der Waals surface area contributed by atoms with Gasteiger partial charge in [0.05, 0.1) is 11.5 Å². The maximum Gasteiger partial charge on any atom is 0.258 e. The Labute approximate surface area is 181 Å². The van der Waals surface area contributed by atoms with Crippen LogP contribution in [0.3, 0.4) is 0 Å². The lowest BCUT2D eigenvalue weighted by atomic mass is 9.91. The van der Waals surface area contributed by atoms with E-state index in [0.29, 0.717) is 23.5 Å². The summed E-state index contributed by atoms with van der Waals surface area (Å²) in [7, 11) is 0. The number of nitrogens with one attached hydrogen (secondary N) is 3. The van der Waals surface area contributed by atoms with Crippen LogP contribution in [0.5, 0.6) is 0 Å². The summed E-state index contributed by atoms with van der Waals surface area (Å²) < 4.78 is 0. The molecule has 31 heavy (non-hydrogen) atoms. The summed E-state index contributed by atoms with van der Waals surface area (Å²) >= 11 is 0. The number of hydrogen-bond acceptors (Lipinski definition) is 5. The summed E-state index contributed by atoms with van der Waals surface area (Å²) in [6.07, 6.45) is 1.04. The SMILES string of the molecule is Cc1ccc(C)c(NC(=O)[C@@H]2CC(=O)Nc3nc(N4C[C@H](C)C[C@@H](C)C4)[nH]c(=O)c32)c1. The number of carbonyl (C=O) groups is 2. The first kappa shape index (κ1) is 21.1. The summed E-state index contributed by atoms with van der Waals surface area (Å²) in [5, 5.41) is 5.58. The van der Waals surface area contributed by atoms with Gasteiger partial charge in [-0.2, -0.15) is 4.98 Å². The number of anilines is 3. The molecule has 1 aromatic carbocycles. The second-order valence-electron chi connectivity index (χ2n) is 9.12. The first-order valence-corrected chi connectivity index (χ1v) is 10.8. The van der Waals surface area contributed by atoms with Crippen molar-refractivity contribution in [2.45, 2.75) is 46.5 Å². The molecule has 0 saturated carbocycles. The maximum absolute atomic E-state index is 13.1. The summed E-state index contributed by atoms with van der Waals surface area (Å²) in [5.41, 5.74) is 2.43. The Bertz CT molecular complexity index is 1080. The van der Waals surface area contributed by atoms with Crippen LogP contribution in [0, 0.1) is 25.7 Å². The molecule has 2 aliphatic heterocycles. The van der Waals surface area contributed by atoms with E-state index in [1.807, 2.05) is 36.9 Å². The van der Waals surface area contributed by atoms with E-state index in [1.54, 1.807) is 0 Å². The number of carbonyl (C=O) groups excluding carboxylic acids is 2. The molecule has 1 fully saturated rings. The fourth-order valence-corrected chi connectivity index (χ4v) is 4.66. The first-order chi connectivity index (χ1) is 14.7. The molecule has 1 aromatic heterocycles. The van der Waals surface area contributed by atoms with Crippen molar-refractivity contribution in [1.82, 2.24) is 9.97 Å². The quantitative estimate of drug-likeness (QED) is 0.704. The predicted octanol–water partition coefficient (Wildman–Crippen LogP) is 2.93. The zero-order valence-corrected chi connectivity index (χ0v) is 18.4. The van der Waals surface area contributed by atoms with Gasteiger partial charge in [-0.1, -0.05) is 26.0 Å². The molecule has 2 amide bonds. The van der Waals surface area contributed by atoms with Gasteiger partial charge in [-0.3, -0.25) is 19.4 Å². The fourth-order valence-electron chi connectivity index (χ4n) is 4.66. The van der Waals surface area contributed by atoms with Crippen LogP contribution in [0.4, 0.5) is 17.5 Å². The minimum atomic E-state index is -0.895. The number of rotatable bonds is 3. The highest BCUT2D eigenvalue weighted by Gasteiger charge is 2.35. The zero-order chi connectivity index (χ0) is 22.3. The average Bonchev–Trinajstić information content (AvgIpc) is 2.69. The lowest BCUT2D eigenvalue weighted by molar-refractivity contribution is -0.123. The second-order valence-corrected chi connectivity index (χ2v) is 9.12. The van der Waals surface area contributed by atoms with Crippen molar-refractivity contribution in [3.63, 3.8) is 0 Å². The maximum atomic E-state index is 13.1. The highest BCUT2D eigenvalue weighted by molar-refractivity contribution is 6.04. The summed E-state index contributed by atoms with van der Waals surface area (Å²) in [6.45, 7) is 9.77. The van der Waals surface area contributed by atoms with E-state index < -0.39 is 5.92 Å². The number of H-pyrrole nitrogens is 1. The molecule has 0 unspecified atom stereocenters. The van der Waals surface area contributed by atoms with Crippen LogP contribution < -0.4 is 21.1 Å². The van der Waals surface area contributed by atoms with Gasteiger partial charge < -0.3 is 15.5 Å². The molecule has 3 heterocycles. The first-order valence-electron chi connectivity index (χ1n) is 10.8. The Balaban J connectivity index is 1.66. The molecule has 3 atom stereocenters. The van der Waals surface area contributed by atoms with Crippen LogP contribution >= 0.6 is 0 Å². The van der Waals surface area contributed by atoms with Crippen molar-refractivity contribution in [2.24, 2.45) is 11.8 Å². The molecule has 0 radical (unpaired) electrons. The third-order valence-electron chi connectivity index (χ3n) is 6.07. The number of aromatic nitrogens is 2. The Morgan fingerprint density at radius 1 is 1.16 bits per heavy atom. The van der Waals surface area contributed by atoms with E-state index in [0.717, 1.165) is 30.6 Å². The van der Waals surface area contributed by atoms with E-state index in [9.17, 15) is 14.4 Å². The third-order valence-corrected chi connectivity index (χ3v) is 6.07. The molecule has 3 N–H and O–H groups in total. The molecular weight excluding hydrogens is 394 g/mol. The number of hydrogen-bond donors (Lipinski definition) is 3. The molecule has 2 aliphatic rings. The number of fused-ring (bicyclic) bond motifs is 1. The number of nitrogens with zero attached hydrogens (tertiary/aromatic N) is 2. The van der Waals surface area contributed by atoms with Gasteiger partial charge in [0, 0.05) is 25.2 Å². The predicted molar refractivity (Wildman–Crippen MR) is 121 cm³/mol. The topological polar surface area (TPSA) is 107 Å². The lowest BCUT2D eigenvalue weighted by Gasteiger charge is -2.35. The van der Waals surface area contributed by atoms with Gasteiger partial charge in [-0.05, 0) is 49.3 Å². The molecule has 0 bridgehead atoms. The Morgan fingerprint density at radius 3 is 2.58 bits per heavy atom. The van der Waals surface area contributed by atoms with Crippen LogP contribution in [0.1, 0.15) is 49.3 Å². The van der Waals surface area contributed by atoms with Crippen molar-refractivity contribution < 1.29 is 9.59 Å². The average molecular weight is 424 g/mol. The van der Waals surface area contributed by atoms with Gasteiger partial charge in [0.15, 0.2) is 0 Å². The van der Waals surface area contributed by atoms with Gasteiger partial charge in [0.25, 0.3) is 5.56 Å². The van der Waals surface area contributed by atoms with Gasteiger partial charge in [-0.15, -0.1) is 0 Å². The number of amides is 2. The van der Waals surface area contributed by atoms with E-state index in [4.69, 9.17) is 0 Å². The van der Waals surface area contributed by atoms with Crippen molar-refractivity contribution in [3.05, 3.63) is 45.2 Å². The fraction of sp³-hybridized carbons (Fsp3) is 0.478. The van der Waals surface area contributed by atoms with Crippen LogP contribution in [-0.2, 0) is 9.59 Å². The highest BCUT2D eigenvalue weighted by atomic mass is 16.2. The van der Waals surface area contributed by atoms with E-state index >= 15 is 0 Å².